The molecule has 0 radical (unpaired) electrons. The molecule has 0 aromatic heterocycles. The largest absolute Gasteiger partial charge is 0.469 e. The van der Waals surface area contributed by atoms with Crippen LogP contribution in [0.15, 0.2) is 0 Å². The van der Waals surface area contributed by atoms with Gasteiger partial charge in [-0.3, -0.25) is 14.5 Å². The summed E-state index contributed by atoms with van der Waals surface area (Å²) in [6, 6.07) is 0. The fourth-order valence-electron chi connectivity index (χ4n) is 1.81. The van der Waals surface area contributed by atoms with E-state index in [1.807, 2.05) is 25.7 Å². The molecule has 0 saturated carbocycles. The normalized spacial score (nSPS) is 17.4. The highest BCUT2D eigenvalue weighted by atomic mass is 16.6. The molecule has 0 aliphatic carbocycles. The van der Waals surface area contributed by atoms with Crippen molar-refractivity contribution >= 4 is 11.9 Å². The van der Waals surface area contributed by atoms with Crippen LogP contribution in [-0.2, 0) is 19.1 Å². The van der Waals surface area contributed by atoms with E-state index in [0.29, 0.717) is 18.9 Å². The van der Waals surface area contributed by atoms with Crippen LogP contribution in [0, 0.1) is 5.92 Å². The molecule has 5 nitrogen and oxygen atoms in total. The van der Waals surface area contributed by atoms with E-state index in [4.69, 9.17) is 4.74 Å². The lowest BCUT2D eigenvalue weighted by Crippen LogP contribution is -2.50. The monoisotopic (exact) mass is 243 g/mol. The minimum absolute atomic E-state index is 0.188. The molecule has 0 aromatic rings. The lowest BCUT2D eigenvalue weighted by atomic mass is 9.96. The number of methoxy groups -OCH3 is 1. The van der Waals surface area contributed by atoms with Gasteiger partial charge in [-0.15, -0.1) is 0 Å². The molecular weight excluding hydrogens is 222 g/mol. The van der Waals surface area contributed by atoms with E-state index < -0.39 is 5.60 Å². The summed E-state index contributed by atoms with van der Waals surface area (Å²) in [5.74, 6) is -0.0918. The molecule has 1 aliphatic rings. The third kappa shape index (κ3) is 5.17. The average Bonchev–Trinajstić information content (AvgIpc) is 2.11. The number of esters is 2. The summed E-state index contributed by atoms with van der Waals surface area (Å²) in [6.07, 6.45) is 0.432. The molecule has 5 heteroatoms. The molecular formula is C12H21NO4. The van der Waals surface area contributed by atoms with E-state index in [9.17, 15) is 9.59 Å². The number of likely N-dealkylation sites (tertiary alicyclic amines) is 1. The second kappa shape index (κ2) is 5.49. The second-order valence-corrected chi connectivity index (χ2v) is 5.43. The maximum absolute atomic E-state index is 11.5. The molecule has 0 atom stereocenters. The van der Waals surface area contributed by atoms with Crippen LogP contribution in [0.3, 0.4) is 0 Å². The molecule has 1 fully saturated rings. The summed E-state index contributed by atoms with van der Waals surface area (Å²) >= 11 is 0. The first kappa shape index (κ1) is 14.0. The van der Waals surface area contributed by atoms with Crippen molar-refractivity contribution in [3.8, 4) is 0 Å². The zero-order chi connectivity index (χ0) is 13.1. The summed E-state index contributed by atoms with van der Waals surface area (Å²) in [4.78, 5) is 24.5. The standard InChI is InChI=1S/C12H21NO4/c1-12(2,3)17-11(15)8-13-6-9(7-13)5-10(14)16-4/h9H,5-8H2,1-4H3. The Morgan fingerprint density at radius 1 is 1.24 bits per heavy atom. The Kier molecular flexibility index (Phi) is 4.51. The first-order chi connectivity index (χ1) is 7.80. The minimum atomic E-state index is -0.437. The highest BCUT2D eigenvalue weighted by Gasteiger charge is 2.31. The van der Waals surface area contributed by atoms with Gasteiger partial charge in [0.1, 0.15) is 5.60 Å². The molecule has 0 amide bonds. The van der Waals surface area contributed by atoms with Crippen molar-refractivity contribution in [3.63, 3.8) is 0 Å². The topological polar surface area (TPSA) is 55.8 Å². The van der Waals surface area contributed by atoms with Gasteiger partial charge in [-0.25, -0.2) is 0 Å². The zero-order valence-corrected chi connectivity index (χ0v) is 11.0. The highest BCUT2D eigenvalue weighted by Crippen LogP contribution is 2.19. The Morgan fingerprint density at radius 3 is 2.29 bits per heavy atom. The van der Waals surface area contributed by atoms with Gasteiger partial charge in [-0.2, -0.15) is 0 Å². The van der Waals surface area contributed by atoms with Crippen LogP contribution in [0.1, 0.15) is 27.2 Å². The maximum Gasteiger partial charge on any atom is 0.320 e. The van der Waals surface area contributed by atoms with Crippen LogP contribution in [0.25, 0.3) is 0 Å². The number of rotatable bonds is 4. The molecule has 98 valence electrons. The van der Waals surface area contributed by atoms with Gasteiger partial charge in [-0.1, -0.05) is 0 Å². The average molecular weight is 243 g/mol. The van der Waals surface area contributed by atoms with Crippen molar-refractivity contribution in [2.45, 2.75) is 32.8 Å². The van der Waals surface area contributed by atoms with Crippen molar-refractivity contribution in [1.82, 2.24) is 4.90 Å². The van der Waals surface area contributed by atoms with E-state index in [1.165, 1.54) is 7.11 Å². The van der Waals surface area contributed by atoms with Gasteiger partial charge < -0.3 is 9.47 Å². The van der Waals surface area contributed by atoms with Gasteiger partial charge in [0, 0.05) is 13.1 Å². The Bertz CT molecular complexity index is 289. The van der Waals surface area contributed by atoms with E-state index in [-0.39, 0.29) is 11.9 Å². The predicted molar refractivity (Wildman–Crippen MR) is 62.4 cm³/mol. The van der Waals surface area contributed by atoms with Crippen LogP contribution in [0.4, 0.5) is 0 Å². The van der Waals surface area contributed by atoms with Crippen molar-refractivity contribution in [1.29, 1.82) is 0 Å². The molecule has 1 heterocycles. The molecule has 0 spiro atoms. The number of nitrogens with zero attached hydrogens (tertiary/aromatic N) is 1. The van der Waals surface area contributed by atoms with Crippen molar-refractivity contribution in [2.24, 2.45) is 5.92 Å². The van der Waals surface area contributed by atoms with Crippen molar-refractivity contribution in [3.05, 3.63) is 0 Å². The van der Waals surface area contributed by atoms with Crippen molar-refractivity contribution < 1.29 is 19.1 Å². The van der Waals surface area contributed by atoms with Crippen LogP contribution >= 0.6 is 0 Å². The summed E-state index contributed by atoms with van der Waals surface area (Å²) in [5.41, 5.74) is -0.437. The molecule has 1 aliphatic heterocycles. The highest BCUT2D eigenvalue weighted by molar-refractivity contribution is 5.72. The summed E-state index contributed by atoms with van der Waals surface area (Å²) < 4.78 is 9.80. The third-order valence-corrected chi connectivity index (χ3v) is 2.49. The molecule has 1 rings (SSSR count). The van der Waals surface area contributed by atoms with Gasteiger partial charge in [0.25, 0.3) is 0 Å². The summed E-state index contributed by atoms with van der Waals surface area (Å²) in [7, 11) is 1.39. The quantitative estimate of drug-likeness (QED) is 0.684. The predicted octanol–water partition coefficient (Wildman–Crippen LogP) is 0.823. The van der Waals surface area contributed by atoms with Crippen LogP contribution < -0.4 is 0 Å². The van der Waals surface area contributed by atoms with Gasteiger partial charge in [0.15, 0.2) is 0 Å². The lowest BCUT2D eigenvalue weighted by molar-refractivity contribution is -0.158. The van der Waals surface area contributed by atoms with E-state index >= 15 is 0 Å². The van der Waals surface area contributed by atoms with Crippen LogP contribution in [0.5, 0.6) is 0 Å². The molecule has 1 saturated heterocycles. The maximum atomic E-state index is 11.5. The second-order valence-electron chi connectivity index (χ2n) is 5.43. The van der Waals surface area contributed by atoms with Crippen LogP contribution in [-0.4, -0.2) is 49.2 Å². The SMILES string of the molecule is COC(=O)CC1CN(CC(=O)OC(C)(C)C)C1. The number of carbonyl (C=O) groups is 2. The Hall–Kier alpha value is -1.10. The van der Waals surface area contributed by atoms with Gasteiger partial charge in [0.2, 0.25) is 0 Å². The van der Waals surface area contributed by atoms with Crippen LogP contribution in [0.2, 0.25) is 0 Å². The summed E-state index contributed by atoms with van der Waals surface area (Å²) in [5, 5.41) is 0. The lowest BCUT2D eigenvalue weighted by Gasteiger charge is -2.38. The summed E-state index contributed by atoms with van der Waals surface area (Å²) in [6.45, 7) is 7.36. The molecule has 0 aromatic carbocycles. The number of carbonyl (C=O) groups excluding carboxylic acids is 2. The third-order valence-electron chi connectivity index (χ3n) is 2.49. The molecule has 0 N–H and O–H groups in total. The van der Waals surface area contributed by atoms with Crippen molar-refractivity contribution in [2.75, 3.05) is 26.7 Å². The molecule has 0 unspecified atom stereocenters. The smallest absolute Gasteiger partial charge is 0.320 e. The number of hydrogen-bond acceptors (Lipinski definition) is 5. The Morgan fingerprint density at radius 2 is 1.82 bits per heavy atom. The first-order valence-electron chi connectivity index (χ1n) is 5.81. The first-order valence-corrected chi connectivity index (χ1v) is 5.81. The van der Waals surface area contributed by atoms with Gasteiger partial charge >= 0.3 is 11.9 Å². The van der Waals surface area contributed by atoms with E-state index in [1.54, 1.807) is 0 Å². The van der Waals surface area contributed by atoms with E-state index in [0.717, 1.165) is 13.1 Å². The zero-order valence-electron chi connectivity index (χ0n) is 11.0. The fraction of sp³-hybridized carbons (Fsp3) is 0.833. The van der Waals surface area contributed by atoms with E-state index in [2.05, 4.69) is 4.74 Å². The van der Waals surface area contributed by atoms with Gasteiger partial charge in [-0.05, 0) is 26.7 Å². The molecule has 17 heavy (non-hydrogen) atoms. The van der Waals surface area contributed by atoms with Gasteiger partial charge in [0.05, 0.1) is 20.1 Å². The Labute approximate surface area is 102 Å². The fourth-order valence-corrected chi connectivity index (χ4v) is 1.81. The minimum Gasteiger partial charge on any atom is -0.469 e. The number of hydrogen-bond donors (Lipinski definition) is 0. The molecule has 0 bridgehead atoms. The number of ether oxygens (including phenoxy) is 2. The Balaban J connectivity index is 2.17.